The number of phenolic OH excluding ortho intramolecular Hbond substituents is 2. The first-order valence-electron chi connectivity index (χ1n) is 7.11. The Morgan fingerprint density at radius 2 is 1.22 bits per heavy atom. The third kappa shape index (κ3) is 3.66. The molecule has 142 valence electrons. The molecule has 0 aliphatic heterocycles. The van der Waals surface area contributed by atoms with Crippen LogP contribution in [0.15, 0.2) is 40.9 Å². The molecule has 0 spiro atoms. The van der Waals surface area contributed by atoms with Crippen molar-refractivity contribution in [2.45, 2.75) is 12.4 Å². The van der Waals surface area contributed by atoms with Crippen molar-refractivity contribution in [2.75, 3.05) is 0 Å². The molecule has 0 unspecified atom stereocenters. The van der Waals surface area contributed by atoms with Crippen molar-refractivity contribution in [3.8, 4) is 34.3 Å². The van der Waals surface area contributed by atoms with E-state index in [0.717, 1.165) is 12.1 Å². The Morgan fingerprint density at radius 3 is 1.67 bits per heavy atom. The Hall–Kier alpha value is -3.24. The number of rotatable bonds is 2. The molecule has 0 fully saturated rings. The highest BCUT2D eigenvalue weighted by atomic mass is 19.4. The van der Waals surface area contributed by atoms with Gasteiger partial charge >= 0.3 is 12.4 Å². The van der Waals surface area contributed by atoms with Crippen LogP contribution < -0.4 is 0 Å². The highest BCUT2D eigenvalue weighted by molar-refractivity contribution is 5.68. The zero-order valence-corrected chi connectivity index (χ0v) is 12.9. The van der Waals surface area contributed by atoms with Gasteiger partial charge in [0.15, 0.2) is 0 Å². The van der Waals surface area contributed by atoms with E-state index in [-0.39, 0.29) is 22.8 Å². The summed E-state index contributed by atoms with van der Waals surface area (Å²) in [5, 5.41) is 23.0. The van der Waals surface area contributed by atoms with E-state index in [1.165, 1.54) is 0 Å². The molecule has 0 radical (unpaired) electrons. The highest BCUT2D eigenvalue weighted by Crippen LogP contribution is 2.38. The standard InChI is InChI=1S/C16H8F6N2O3/c17-15(18,19)7-1-3-9(11(25)5-7)13-23-14(27-24-13)10-4-2-8(6-12(10)26)16(20,21)22/h1-6,25-26H. The Balaban J connectivity index is 1.96. The number of phenols is 2. The van der Waals surface area contributed by atoms with Crippen molar-refractivity contribution in [3.05, 3.63) is 47.5 Å². The first-order valence-corrected chi connectivity index (χ1v) is 7.11. The molecule has 5 nitrogen and oxygen atoms in total. The normalized spacial score (nSPS) is 12.4. The summed E-state index contributed by atoms with van der Waals surface area (Å²) < 4.78 is 80.5. The molecule has 2 aromatic carbocycles. The monoisotopic (exact) mass is 390 g/mol. The second-order valence-corrected chi connectivity index (χ2v) is 5.38. The minimum atomic E-state index is -4.66. The van der Waals surface area contributed by atoms with Crippen molar-refractivity contribution < 1.29 is 41.1 Å². The van der Waals surface area contributed by atoms with Crippen LogP contribution in [-0.2, 0) is 12.4 Å². The lowest BCUT2D eigenvalue weighted by atomic mass is 10.1. The molecule has 1 aromatic heterocycles. The van der Waals surface area contributed by atoms with Crippen LogP contribution in [0, 0.1) is 0 Å². The van der Waals surface area contributed by atoms with Crippen LogP contribution in [0.4, 0.5) is 26.3 Å². The van der Waals surface area contributed by atoms with Gasteiger partial charge in [-0.15, -0.1) is 0 Å². The van der Waals surface area contributed by atoms with Crippen LogP contribution in [0.25, 0.3) is 22.8 Å². The molecule has 0 saturated carbocycles. The van der Waals surface area contributed by atoms with Gasteiger partial charge < -0.3 is 14.7 Å². The number of aromatic nitrogens is 2. The number of nitrogens with zero attached hydrogens (tertiary/aromatic N) is 2. The van der Waals surface area contributed by atoms with E-state index in [1.54, 1.807) is 0 Å². The Morgan fingerprint density at radius 1 is 0.741 bits per heavy atom. The summed E-state index contributed by atoms with van der Waals surface area (Å²) in [6.07, 6.45) is -9.33. The zero-order chi connectivity index (χ0) is 20.0. The molecule has 27 heavy (non-hydrogen) atoms. The van der Waals surface area contributed by atoms with Gasteiger partial charge in [0.25, 0.3) is 5.89 Å². The van der Waals surface area contributed by atoms with Gasteiger partial charge in [0.1, 0.15) is 11.5 Å². The first kappa shape index (κ1) is 18.5. The van der Waals surface area contributed by atoms with Gasteiger partial charge in [0, 0.05) is 0 Å². The summed E-state index contributed by atoms with van der Waals surface area (Å²) in [7, 11) is 0. The SMILES string of the molecule is Oc1cc(C(F)(F)F)ccc1-c1noc(-c2ccc(C(F)(F)F)cc2O)n1. The fourth-order valence-electron chi connectivity index (χ4n) is 2.23. The molecule has 0 amide bonds. The number of hydrogen-bond donors (Lipinski definition) is 2. The second kappa shape index (κ2) is 6.18. The van der Waals surface area contributed by atoms with E-state index < -0.39 is 35.0 Å². The van der Waals surface area contributed by atoms with Gasteiger partial charge in [-0.2, -0.15) is 31.3 Å². The molecule has 0 bridgehead atoms. The van der Waals surface area contributed by atoms with Crippen LogP contribution in [0.1, 0.15) is 11.1 Å². The van der Waals surface area contributed by atoms with Crippen LogP contribution in [0.2, 0.25) is 0 Å². The number of aromatic hydroxyl groups is 2. The predicted molar refractivity (Wildman–Crippen MR) is 78.5 cm³/mol. The molecule has 0 saturated heterocycles. The van der Waals surface area contributed by atoms with E-state index in [9.17, 15) is 36.6 Å². The Kier molecular flexibility index (Phi) is 4.25. The number of hydrogen-bond acceptors (Lipinski definition) is 5. The molecule has 3 aromatic rings. The van der Waals surface area contributed by atoms with Gasteiger partial charge in [-0.1, -0.05) is 5.16 Å². The fraction of sp³-hybridized carbons (Fsp3) is 0.125. The third-order valence-corrected chi connectivity index (χ3v) is 3.55. The van der Waals surface area contributed by atoms with Crippen LogP contribution in [0.5, 0.6) is 11.5 Å². The molecule has 11 heteroatoms. The van der Waals surface area contributed by atoms with E-state index in [0.29, 0.717) is 24.3 Å². The van der Waals surface area contributed by atoms with Crippen molar-refractivity contribution in [2.24, 2.45) is 0 Å². The summed E-state index contributed by atoms with van der Waals surface area (Å²) in [5.74, 6) is -2.24. The van der Waals surface area contributed by atoms with Crippen molar-refractivity contribution in [1.29, 1.82) is 0 Å². The highest BCUT2D eigenvalue weighted by Gasteiger charge is 2.32. The molecule has 3 rings (SSSR count). The lowest BCUT2D eigenvalue weighted by molar-refractivity contribution is -0.138. The van der Waals surface area contributed by atoms with Crippen molar-refractivity contribution in [3.63, 3.8) is 0 Å². The van der Waals surface area contributed by atoms with Gasteiger partial charge in [0.05, 0.1) is 22.3 Å². The maximum absolute atomic E-state index is 12.6. The van der Waals surface area contributed by atoms with Crippen LogP contribution >= 0.6 is 0 Å². The smallest absolute Gasteiger partial charge is 0.416 e. The van der Waals surface area contributed by atoms with Gasteiger partial charge in [0.2, 0.25) is 5.82 Å². The van der Waals surface area contributed by atoms with E-state index in [2.05, 4.69) is 10.1 Å². The molecule has 0 aliphatic carbocycles. The summed E-state index contributed by atoms with van der Waals surface area (Å²) in [6, 6.07) is 4.15. The average Bonchev–Trinajstić information content (AvgIpc) is 3.02. The van der Waals surface area contributed by atoms with Crippen molar-refractivity contribution in [1.82, 2.24) is 10.1 Å². The quantitative estimate of drug-likeness (QED) is 0.612. The maximum Gasteiger partial charge on any atom is 0.416 e. The minimum Gasteiger partial charge on any atom is -0.507 e. The predicted octanol–water partition coefficient (Wildman–Crippen LogP) is 4.85. The average molecular weight is 390 g/mol. The summed E-state index contributed by atoms with van der Waals surface area (Å²) in [5.41, 5.74) is -2.59. The molecule has 0 atom stereocenters. The Labute approximate surface area is 146 Å². The number of halogens is 6. The summed E-state index contributed by atoms with van der Waals surface area (Å²) >= 11 is 0. The third-order valence-electron chi connectivity index (χ3n) is 3.55. The van der Waals surface area contributed by atoms with Crippen molar-refractivity contribution >= 4 is 0 Å². The molecular weight excluding hydrogens is 382 g/mol. The van der Waals surface area contributed by atoms with E-state index in [1.807, 2.05) is 0 Å². The number of alkyl halides is 6. The fourth-order valence-corrected chi connectivity index (χ4v) is 2.23. The van der Waals surface area contributed by atoms with E-state index in [4.69, 9.17) is 4.52 Å². The topological polar surface area (TPSA) is 79.4 Å². The van der Waals surface area contributed by atoms with Gasteiger partial charge in [-0.05, 0) is 36.4 Å². The molecule has 2 N–H and O–H groups in total. The minimum absolute atomic E-state index is 0.190. The second-order valence-electron chi connectivity index (χ2n) is 5.38. The zero-order valence-electron chi connectivity index (χ0n) is 12.9. The van der Waals surface area contributed by atoms with Crippen LogP contribution in [-0.4, -0.2) is 20.4 Å². The first-order chi connectivity index (χ1) is 12.5. The Bertz CT molecular complexity index is 917. The largest absolute Gasteiger partial charge is 0.507 e. The van der Waals surface area contributed by atoms with Gasteiger partial charge in [-0.25, -0.2) is 0 Å². The van der Waals surface area contributed by atoms with Crippen LogP contribution in [0.3, 0.4) is 0 Å². The summed E-state index contributed by atoms with van der Waals surface area (Å²) in [6.45, 7) is 0. The molecular formula is C16H8F6N2O3. The lowest BCUT2D eigenvalue weighted by Crippen LogP contribution is -2.04. The lowest BCUT2D eigenvalue weighted by Gasteiger charge is -2.08. The molecule has 1 heterocycles. The number of benzene rings is 2. The van der Waals surface area contributed by atoms with Gasteiger partial charge in [-0.3, -0.25) is 0 Å². The molecule has 0 aliphatic rings. The maximum atomic E-state index is 12.6. The summed E-state index contributed by atoms with van der Waals surface area (Å²) in [4.78, 5) is 3.80. The van der Waals surface area contributed by atoms with E-state index >= 15 is 0 Å².